The molecule has 0 aromatic carbocycles. The zero-order valence-electron chi connectivity index (χ0n) is 15.9. The second-order valence-corrected chi connectivity index (χ2v) is 6.65. The summed E-state index contributed by atoms with van der Waals surface area (Å²) in [7, 11) is 4.57. The molecule has 0 aliphatic carbocycles. The molecule has 1 aliphatic rings. The molecule has 2 atom stereocenters. The van der Waals surface area contributed by atoms with E-state index >= 15 is 0 Å². The maximum atomic E-state index is 12.6. The van der Waals surface area contributed by atoms with Crippen LogP contribution in [-0.2, 0) is 18.8 Å². The quantitative estimate of drug-likeness (QED) is 0.709. The number of amides is 1. The Morgan fingerprint density at radius 1 is 1.27 bits per heavy atom. The van der Waals surface area contributed by atoms with E-state index in [0.29, 0.717) is 12.5 Å². The van der Waals surface area contributed by atoms with Gasteiger partial charge in [0, 0.05) is 52.9 Å². The second kappa shape index (κ2) is 9.89. The summed E-state index contributed by atoms with van der Waals surface area (Å²) in [6.07, 6.45) is 2.06. The number of rotatable bonds is 7. The molecule has 1 aromatic heterocycles. The SMILES string of the molecule is CCC[C@H]1CN(CCOC)C[C@@H]1NC(=O)c1cc(=O)n(C)c(=O)n1C.Cl. The van der Waals surface area contributed by atoms with Gasteiger partial charge in [-0.3, -0.25) is 23.6 Å². The Labute approximate surface area is 159 Å². The number of methoxy groups -OCH3 is 1. The molecule has 0 radical (unpaired) electrons. The maximum absolute atomic E-state index is 12.6. The third-order valence-electron chi connectivity index (χ3n) is 4.86. The number of hydrogen-bond acceptors (Lipinski definition) is 5. The first-order valence-corrected chi connectivity index (χ1v) is 8.68. The van der Waals surface area contributed by atoms with Crippen LogP contribution >= 0.6 is 12.4 Å². The summed E-state index contributed by atoms with van der Waals surface area (Å²) in [4.78, 5) is 38.8. The average Bonchev–Trinajstić information content (AvgIpc) is 2.96. The first kappa shape index (κ1) is 22.4. The average molecular weight is 389 g/mol. The van der Waals surface area contributed by atoms with Gasteiger partial charge in [-0.05, 0) is 12.3 Å². The second-order valence-electron chi connectivity index (χ2n) is 6.65. The van der Waals surface area contributed by atoms with E-state index in [1.54, 1.807) is 7.11 Å². The first-order chi connectivity index (χ1) is 11.9. The topological polar surface area (TPSA) is 85.6 Å². The Hall–Kier alpha value is -1.64. The van der Waals surface area contributed by atoms with E-state index in [1.807, 2.05) is 0 Å². The molecule has 8 nitrogen and oxygen atoms in total. The van der Waals surface area contributed by atoms with Crippen molar-refractivity contribution in [1.29, 1.82) is 0 Å². The molecule has 0 saturated carbocycles. The summed E-state index contributed by atoms with van der Waals surface area (Å²) in [6, 6.07) is 1.21. The standard InChI is InChI=1S/C17H28N4O4.ClH/c1-5-6-12-10-21(7-8-25-4)11-13(12)18-16(23)14-9-15(22)20(3)17(24)19(14)2;/h9,12-13H,5-8,10-11H2,1-4H3,(H,18,23);1H/t12-,13-;/m0./s1. The Kier molecular flexibility index (Phi) is 8.52. The van der Waals surface area contributed by atoms with Crippen molar-refractivity contribution in [2.75, 3.05) is 33.4 Å². The maximum Gasteiger partial charge on any atom is 0.331 e. The number of ether oxygens (including phenoxy) is 1. The fraction of sp³-hybridized carbons (Fsp3) is 0.706. The Morgan fingerprint density at radius 3 is 2.58 bits per heavy atom. The molecule has 1 aromatic rings. The lowest BCUT2D eigenvalue weighted by Crippen LogP contribution is -2.45. The lowest BCUT2D eigenvalue weighted by atomic mass is 9.98. The summed E-state index contributed by atoms with van der Waals surface area (Å²) in [5.74, 6) is -0.0219. The van der Waals surface area contributed by atoms with Crippen LogP contribution in [0.3, 0.4) is 0 Å². The molecular weight excluding hydrogens is 360 g/mol. The minimum absolute atomic E-state index is 0. The molecule has 2 rings (SSSR count). The van der Waals surface area contributed by atoms with Crippen LogP contribution in [0.5, 0.6) is 0 Å². The van der Waals surface area contributed by atoms with Crippen molar-refractivity contribution in [3.63, 3.8) is 0 Å². The van der Waals surface area contributed by atoms with Gasteiger partial charge in [0.25, 0.3) is 11.5 Å². The predicted octanol–water partition coefficient (Wildman–Crippen LogP) is -0.0175. The summed E-state index contributed by atoms with van der Waals surface area (Å²) < 4.78 is 7.33. The summed E-state index contributed by atoms with van der Waals surface area (Å²) in [6.45, 7) is 5.27. The van der Waals surface area contributed by atoms with E-state index in [4.69, 9.17) is 4.74 Å². The lowest BCUT2D eigenvalue weighted by Gasteiger charge is -2.20. The molecule has 1 saturated heterocycles. The van der Waals surface area contributed by atoms with Crippen molar-refractivity contribution in [1.82, 2.24) is 19.4 Å². The molecular formula is C17H29ClN4O4. The van der Waals surface area contributed by atoms with Crippen molar-refractivity contribution < 1.29 is 9.53 Å². The van der Waals surface area contributed by atoms with Gasteiger partial charge in [-0.25, -0.2) is 4.79 Å². The number of likely N-dealkylation sites (tertiary alicyclic amines) is 1. The summed E-state index contributed by atoms with van der Waals surface area (Å²) in [5.41, 5.74) is -0.888. The normalized spacial score (nSPS) is 20.0. The molecule has 26 heavy (non-hydrogen) atoms. The summed E-state index contributed by atoms with van der Waals surface area (Å²) >= 11 is 0. The van der Waals surface area contributed by atoms with Crippen molar-refractivity contribution in [2.24, 2.45) is 20.0 Å². The highest BCUT2D eigenvalue weighted by molar-refractivity contribution is 5.92. The van der Waals surface area contributed by atoms with E-state index in [0.717, 1.165) is 37.0 Å². The zero-order chi connectivity index (χ0) is 18.6. The zero-order valence-corrected chi connectivity index (χ0v) is 16.7. The minimum Gasteiger partial charge on any atom is -0.383 e. The molecule has 1 N–H and O–H groups in total. The van der Waals surface area contributed by atoms with E-state index in [2.05, 4.69) is 17.1 Å². The van der Waals surface area contributed by atoms with E-state index in [-0.39, 0.29) is 30.0 Å². The van der Waals surface area contributed by atoms with Gasteiger partial charge in [-0.2, -0.15) is 0 Å². The van der Waals surface area contributed by atoms with Crippen LogP contribution in [0, 0.1) is 5.92 Å². The molecule has 0 bridgehead atoms. The Balaban J connectivity index is 0.00000338. The van der Waals surface area contributed by atoms with Gasteiger partial charge in [0.15, 0.2) is 0 Å². The van der Waals surface area contributed by atoms with E-state index in [9.17, 15) is 14.4 Å². The Bertz CT molecular complexity index is 730. The third-order valence-corrected chi connectivity index (χ3v) is 4.86. The monoisotopic (exact) mass is 388 g/mol. The van der Waals surface area contributed by atoms with E-state index in [1.165, 1.54) is 24.7 Å². The molecule has 1 amide bonds. The van der Waals surface area contributed by atoms with Gasteiger partial charge in [0.1, 0.15) is 5.69 Å². The molecule has 0 unspecified atom stereocenters. The minimum atomic E-state index is -0.504. The number of carbonyl (C=O) groups is 1. The molecule has 1 aliphatic heterocycles. The van der Waals surface area contributed by atoms with Crippen LogP contribution in [0.1, 0.15) is 30.3 Å². The van der Waals surface area contributed by atoms with Gasteiger partial charge in [-0.1, -0.05) is 13.3 Å². The van der Waals surface area contributed by atoms with E-state index < -0.39 is 11.2 Å². The largest absolute Gasteiger partial charge is 0.383 e. The number of nitrogens with zero attached hydrogens (tertiary/aromatic N) is 3. The third kappa shape index (κ3) is 4.96. The smallest absolute Gasteiger partial charge is 0.331 e. The molecule has 2 heterocycles. The van der Waals surface area contributed by atoms with Crippen LogP contribution < -0.4 is 16.6 Å². The van der Waals surface area contributed by atoms with Crippen LogP contribution in [0.2, 0.25) is 0 Å². The number of halogens is 1. The molecule has 9 heteroatoms. The van der Waals surface area contributed by atoms with Crippen molar-refractivity contribution in [3.05, 3.63) is 32.6 Å². The van der Waals surface area contributed by atoms with Crippen LogP contribution in [0.15, 0.2) is 15.7 Å². The molecule has 148 valence electrons. The van der Waals surface area contributed by atoms with Gasteiger partial charge >= 0.3 is 5.69 Å². The fourth-order valence-electron chi connectivity index (χ4n) is 3.38. The van der Waals surface area contributed by atoms with Crippen LogP contribution in [0.25, 0.3) is 0 Å². The first-order valence-electron chi connectivity index (χ1n) is 8.68. The number of nitrogens with one attached hydrogen (secondary N) is 1. The predicted molar refractivity (Wildman–Crippen MR) is 102 cm³/mol. The van der Waals surface area contributed by atoms with Gasteiger partial charge in [0.05, 0.1) is 6.61 Å². The number of aromatic nitrogens is 2. The highest BCUT2D eigenvalue weighted by atomic mass is 35.5. The number of hydrogen-bond donors (Lipinski definition) is 1. The Morgan fingerprint density at radius 2 is 1.96 bits per heavy atom. The van der Waals surface area contributed by atoms with Gasteiger partial charge < -0.3 is 10.1 Å². The summed E-state index contributed by atoms with van der Waals surface area (Å²) in [5, 5.41) is 3.02. The van der Waals surface area contributed by atoms with Crippen molar-refractivity contribution in [2.45, 2.75) is 25.8 Å². The number of carbonyl (C=O) groups excluding carboxylic acids is 1. The highest BCUT2D eigenvalue weighted by Crippen LogP contribution is 2.21. The van der Waals surface area contributed by atoms with Crippen molar-refractivity contribution in [3.8, 4) is 0 Å². The van der Waals surface area contributed by atoms with Crippen LogP contribution in [-0.4, -0.2) is 59.3 Å². The lowest BCUT2D eigenvalue weighted by molar-refractivity contribution is 0.0918. The van der Waals surface area contributed by atoms with Crippen molar-refractivity contribution >= 4 is 18.3 Å². The van der Waals surface area contributed by atoms with Gasteiger partial charge in [-0.15, -0.1) is 12.4 Å². The molecule has 1 fully saturated rings. The van der Waals surface area contributed by atoms with Crippen LogP contribution in [0.4, 0.5) is 0 Å². The molecule has 0 spiro atoms. The fourth-order valence-corrected chi connectivity index (χ4v) is 3.38. The van der Waals surface area contributed by atoms with Gasteiger partial charge in [0.2, 0.25) is 0 Å². The highest BCUT2D eigenvalue weighted by Gasteiger charge is 2.33.